The SMILES string of the molecule is CCOC1CCN(C)C(C)(C)CCC2NC21C. The lowest BCUT2D eigenvalue weighted by molar-refractivity contribution is 0.0210. The second-order valence-corrected chi connectivity index (χ2v) is 6.48. The average molecular weight is 240 g/mol. The van der Waals surface area contributed by atoms with Crippen LogP contribution in [-0.2, 0) is 4.74 Å². The van der Waals surface area contributed by atoms with Crippen molar-refractivity contribution in [3.8, 4) is 0 Å². The van der Waals surface area contributed by atoms with Crippen molar-refractivity contribution in [1.82, 2.24) is 10.2 Å². The summed E-state index contributed by atoms with van der Waals surface area (Å²) in [6.45, 7) is 11.1. The van der Waals surface area contributed by atoms with Gasteiger partial charge in [0.2, 0.25) is 0 Å². The van der Waals surface area contributed by atoms with Gasteiger partial charge in [0.15, 0.2) is 0 Å². The fourth-order valence-electron chi connectivity index (χ4n) is 3.08. The molecule has 3 unspecified atom stereocenters. The number of nitrogens with one attached hydrogen (secondary N) is 1. The zero-order valence-electron chi connectivity index (χ0n) is 12.0. The molecule has 2 heterocycles. The summed E-state index contributed by atoms with van der Waals surface area (Å²) in [5.41, 5.74) is 0.545. The first-order valence-electron chi connectivity index (χ1n) is 7.00. The molecule has 0 radical (unpaired) electrons. The van der Waals surface area contributed by atoms with Gasteiger partial charge in [-0.2, -0.15) is 0 Å². The zero-order chi connectivity index (χ0) is 12.7. The molecule has 100 valence electrons. The van der Waals surface area contributed by atoms with Gasteiger partial charge in [-0.15, -0.1) is 0 Å². The molecule has 0 amide bonds. The summed E-state index contributed by atoms with van der Waals surface area (Å²) < 4.78 is 5.96. The maximum Gasteiger partial charge on any atom is 0.0781 e. The minimum absolute atomic E-state index is 0.233. The Balaban J connectivity index is 2.08. The average Bonchev–Trinajstić information content (AvgIpc) is 2.92. The predicted molar refractivity (Wildman–Crippen MR) is 71.3 cm³/mol. The second kappa shape index (κ2) is 4.52. The molecule has 0 aromatic rings. The molecule has 0 aromatic carbocycles. The Bertz CT molecular complexity index is 279. The number of rotatable bonds is 2. The van der Waals surface area contributed by atoms with E-state index in [9.17, 15) is 0 Å². The molecular formula is C14H28N2O. The van der Waals surface area contributed by atoms with E-state index in [0.717, 1.165) is 19.6 Å². The molecule has 0 aromatic heterocycles. The van der Waals surface area contributed by atoms with Gasteiger partial charge in [-0.05, 0) is 54.0 Å². The molecule has 2 aliphatic rings. The molecule has 0 spiro atoms. The van der Waals surface area contributed by atoms with Crippen molar-refractivity contribution in [2.45, 2.75) is 70.2 Å². The lowest BCUT2D eigenvalue weighted by Crippen LogP contribution is -2.43. The van der Waals surface area contributed by atoms with Crippen LogP contribution < -0.4 is 5.32 Å². The van der Waals surface area contributed by atoms with Gasteiger partial charge >= 0.3 is 0 Å². The summed E-state index contributed by atoms with van der Waals surface area (Å²) in [6.07, 6.45) is 4.02. The van der Waals surface area contributed by atoms with Crippen LogP contribution in [0.4, 0.5) is 0 Å². The topological polar surface area (TPSA) is 34.4 Å². The molecule has 3 atom stereocenters. The van der Waals surface area contributed by atoms with E-state index < -0.39 is 0 Å². The van der Waals surface area contributed by atoms with Crippen molar-refractivity contribution >= 4 is 0 Å². The van der Waals surface area contributed by atoms with Gasteiger partial charge < -0.3 is 15.0 Å². The Morgan fingerprint density at radius 2 is 2.00 bits per heavy atom. The molecule has 17 heavy (non-hydrogen) atoms. The molecule has 2 saturated heterocycles. The fourth-order valence-corrected chi connectivity index (χ4v) is 3.08. The van der Waals surface area contributed by atoms with Crippen molar-refractivity contribution in [2.24, 2.45) is 0 Å². The van der Waals surface area contributed by atoms with Crippen molar-refractivity contribution in [1.29, 1.82) is 0 Å². The third-order valence-electron chi connectivity index (χ3n) is 4.97. The first-order chi connectivity index (χ1) is 7.90. The molecule has 0 aliphatic carbocycles. The summed E-state index contributed by atoms with van der Waals surface area (Å²) in [5.74, 6) is 0. The van der Waals surface area contributed by atoms with Gasteiger partial charge in [0, 0.05) is 24.7 Å². The van der Waals surface area contributed by atoms with Gasteiger partial charge in [-0.25, -0.2) is 0 Å². The van der Waals surface area contributed by atoms with E-state index in [4.69, 9.17) is 4.74 Å². The Hall–Kier alpha value is -0.120. The van der Waals surface area contributed by atoms with E-state index in [2.05, 4.69) is 45.0 Å². The highest BCUT2D eigenvalue weighted by Crippen LogP contribution is 2.39. The third kappa shape index (κ3) is 2.51. The minimum atomic E-state index is 0.233. The molecule has 3 heteroatoms. The zero-order valence-corrected chi connectivity index (χ0v) is 12.0. The highest BCUT2D eigenvalue weighted by atomic mass is 16.5. The molecule has 0 bridgehead atoms. The van der Waals surface area contributed by atoms with E-state index in [1.807, 2.05) is 0 Å². The molecule has 2 aliphatic heterocycles. The van der Waals surface area contributed by atoms with Crippen molar-refractivity contribution < 1.29 is 4.74 Å². The largest absolute Gasteiger partial charge is 0.376 e. The van der Waals surface area contributed by atoms with E-state index in [-0.39, 0.29) is 5.54 Å². The highest BCUT2D eigenvalue weighted by molar-refractivity contribution is 5.16. The Kier molecular flexibility index (Phi) is 3.54. The number of fused-ring (bicyclic) bond motifs is 1. The first-order valence-corrected chi connectivity index (χ1v) is 7.00. The molecule has 2 rings (SSSR count). The Labute approximate surface area is 106 Å². The molecule has 0 saturated carbocycles. The molecule has 2 fully saturated rings. The fraction of sp³-hybridized carbons (Fsp3) is 1.00. The minimum Gasteiger partial charge on any atom is -0.376 e. The lowest BCUT2D eigenvalue weighted by atomic mass is 9.92. The van der Waals surface area contributed by atoms with Crippen molar-refractivity contribution in [3.63, 3.8) is 0 Å². The van der Waals surface area contributed by atoms with E-state index in [0.29, 0.717) is 17.7 Å². The Morgan fingerprint density at radius 3 is 2.65 bits per heavy atom. The van der Waals surface area contributed by atoms with Gasteiger partial charge in [-0.1, -0.05) is 0 Å². The van der Waals surface area contributed by atoms with E-state index in [1.165, 1.54) is 12.8 Å². The van der Waals surface area contributed by atoms with Crippen LogP contribution in [0.2, 0.25) is 0 Å². The van der Waals surface area contributed by atoms with Crippen LogP contribution in [0.25, 0.3) is 0 Å². The maximum absolute atomic E-state index is 5.96. The van der Waals surface area contributed by atoms with Crippen LogP contribution >= 0.6 is 0 Å². The summed E-state index contributed by atoms with van der Waals surface area (Å²) in [5, 5.41) is 3.66. The monoisotopic (exact) mass is 240 g/mol. The smallest absolute Gasteiger partial charge is 0.0781 e. The van der Waals surface area contributed by atoms with Crippen LogP contribution in [-0.4, -0.2) is 48.3 Å². The number of hydrogen-bond donors (Lipinski definition) is 1. The second-order valence-electron chi connectivity index (χ2n) is 6.48. The summed E-state index contributed by atoms with van der Waals surface area (Å²) in [4.78, 5) is 2.49. The highest BCUT2D eigenvalue weighted by Gasteiger charge is 2.55. The normalized spacial score (nSPS) is 42.2. The van der Waals surface area contributed by atoms with E-state index >= 15 is 0 Å². The van der Waals surface area contributed by atoms with Gasteiger partial charge in [-0.3, -0.25) is 0 Å². The van der Waals surface area contributed by atoms with Gasteiger partial charge in [0.25, 0.3) is 0 Å². The summed E-state index contributed by atoms with van der Waals surface area (Å²) in [6, 6.07) is 0.657. The summed E-state index contributed by atoms with van der Waals surface area (Å²) >= 11 is 0. The van der Waals surface area contributed by atoms with Crippen LogP contribution in [0.15, 0.2) is 0 Å². The standard InChI is InChI=1S/C14H28N2O/c1-6-17-12-8-10-16(5)13(2,3)9-7-11-14(12,4)15-11/h11-12,15H,6-10H2,1-5H3. The van der Waals surface area contributed by atoms with Crippen LogP contribution in [0, 0.1) is 0 Å². The third-order valence-corrected chi connectivity index (χ3v) is 4.97. The first kappa shape index (κ1) is 13.3. The number of nitrogens with zero attached hydrogens (tertiary/aromatic N) is 1. The van der Waals surface area contributed by atoms with Gasteiger partial charge in [0.1, 0.15) is 0 Å². The molecule has 1 N–H and O–H groups in total. The van der Waals surface area contributed by atoms with E-state index in [1.54, 1.807) is 0 Å². The van der Waals surface area contributed by atoms with Gasteiger partial charge in [0.05, 0.1) is 11.6 Å². The quantitative estimate of drug-likeness (QED) is 0.750. The van der Waals surface area contributed by atoms with Crippen molar-refractivity contribution in [2.75, 3.05) is 20.2 Å². The molecular weight excluding hydrogens is 212 g/mol. The van der Waals surface area contributed by atoms with Crippen LogP contribution in [0.5, 0.6) is 0 Å². The van der Waals surface area contributed by atoms with Crippen molar-refractivity contribution in [3.05, 3.63) is 0 Å². The lowest BCUT2D eigenvalue weighted by Gasteiger charge is -2.36. The number of ether oxygens (including phenoxy) is 1. The van der Waals surface area contributed by atoms with Crippen LogP contribution in [0.1, 0.15) is 47.0 Å². The summed E-state index contributed by atoms with van der Waals surface area (Å²) in [7, 11) is 2.25. The predicted octanol–water partition coefficient (Wildman–Crippen LogP) is 2.02. The number of hydrogen-bond acceptors (Lipinski definition) is 3. The Morgan fingerprint density at radius 1 is 1.29 bits per heavy atom. The maximum atomic E-state index is 5.96. The molecule has 3 nitrogen and oxygen atoms in total. The van der Waals surface area contributed by atoms with Crippen LogP contribution in [0.3, 0.4) is 0 Å².